The van der Waals surface area contributed by atoms with Gasteiger partial charge in [0.1, 0.15) is 17.2 Å². The molecule has 4 rings (SSSR count). The van der Waals surface area contributed by atoms with Gasteiger partial charge in [-0.15, -0.1) is 0 Å². The molecular weight excluding hydrogens is 394 g/mol. The molecule has 0 radical (unpaired) electrons. The van der Waals surface area contributed by atoms with Crippen LogP contribution in [0.5, 0.6) is 0 Å². The molecule has 0 amide bonds. The molecule has 2 heterocycles. The molecule has 8 heteroatoms. The first kappa shape index (κ1) is 18.9. The number of hydrogen-bond donors (Lipinski definition) is 0. The van der Waals surface area contributed by atoms with Gasteiger partial charge in [0.2, 0.25) is 0 Å². The van der Waals surface area contributed by atoms with Gasteiger partial charge in [-0.25, -0.2) is 13.2 Å². The second-order valence-corrected chi connectivity index (χ2v) is 6.20. The molecule has 0 saturated carbocycles. The minimum absolute atomic E-state index is 0.0239. The second-order valence-electron chi connectivity index (χ2n) is 6.20. The summed E-state index contributed by atoms with van der Waals surface area (Å²) in [5.74, 6) is -3.29. The summed E-state index contributed by atoms with van der Waals surface area (Å²) in [6.07, 6.45) is -1.07. The van der Waals surface area contributed by atoms with Gasteiger partial charge in [0.15, 0.2) is 5.82 Å². The maximum Gasteiger partial charge on any atom is 0.419 e. The fourth-order valence-electron chi connectivity index (χ4n) is 3.18. The van der Waals surface area contributed by atoms with Gasteiger partial charge >= 0.3 is 6.18 Å². The Labute approximate surface area is 160 Å². The molecule has 0 aliphatic carbocycles. The van der Waals surface area contributed by atoms with E-state index >= 15 is 4.39 Å². The number of benzene rings is 2. The normalized spacial score (nSPS) is 11.8. The van der Waals surface area contributed by atoms with Crippen molar-refractivity contribution in [1.82, 2.24) is 9.97 Å². The van der Waals surface area contributed by atoms with Gasteiger partial charge in [-0.3, -0.25) is 9.97 Å². The molecule has 0 aliphatic rings. The quantitative estimate of drug-likeness (QED) is 0.361. The molecule has 2 aromatic carbocycles. The van der Waals surface area contributed by atoms with Crippen LogP contribution in [0.3, 0.4) is 0 Å². The third kappa shape index (κ3) is 3.20. The molecule has 29 heavy (non-hydrogen) atoms. The van der Waals surface area contributed by atoms with Crippen molar-refractivity contribution in [2.75, 3.05) is 0 Å². The van der Waals surface area contributed by atoms with Crippen molar-refractivity contribution < 1.29 is 26.3 Å². The summed E-state index contributed by atoms with van der Waals surface area (Å²) in [7, 11) is 0. The van der Waals surface area contributed by atoms with Crippen LogP contribution in [0, 0.1) is 17.5 Å². The van der Waals surface area contributed by atoms with E-state index in [4.69, 9.17) is 0 Å². The molecule has 0 spiro atoms. The van der Waals surface area contributed by atoms with Crippen molar-refractivity contribution in [2.45, 2.75) is 6.18 Å². The van der Waals surface area contributed by atoms with Crippen LogP contribution in [0.15, 0.2) is 61.1 Å². The average molecular weight is 404 g/mol. The number of hydrogen-bond acceptors (Lipinski definition) is 2. The van der Waals surface area contributed by atoms with Gasteiger partial charge in [-0.2, -0.15) is 13.2 Å². The lowest BCUT2D eigenvalue weighted by atomic mass is 9.95. The third-order valence-electron chi connectivity index (χ3n) is 4.51. The first-order valence-electron chi connectivity index (χ1n) is 8.32. The predicted molar refractivity (Wildman–Crippen MR) is 95.3 cm³/mol. The Hall–Kier alpha value is -3.42. The Morgan fingerprint density at radius 3 is 2.10 bits per heavy atom. The lowest BCUT2D eigenvalue weighted by Crippen LogP contribution is -2.08. The molecular formula is C21H10F6N2. The number of nitrogens with zero attached hydrogens (tertiary/aromatic N) is 2. The molecule has 0 fully saturated rings. The van der Waals surface area contributed by atoms with Crippen molar-refractivity contribution in [3.8, 4) is 22.3 Å². The van der Waals surface area contributed by atoms with Gasteiger partial charge < -0.3 is 0 Å². The van der Waals surface area contributed by atoms with Crippen LogP contribution in [-0.2, 0) is 6.18 Å². The fraction of sp³-hybridized carbons (Fsp3) is 0.0476. The Morgan fingerprint density at radius 1 is 0.690 bits per heavy atom. The van der Waals surface area contributed by atoms with E-state index in [-0.39, 0.29) is 27.6 Å². The molecule has 0 bridgehead atoms. The summed E-state index contributed by atoms with van der Waals surface area (Å²) in [4.78, 5) is 7.49. The van der Waals surface area contributed by atoms with E-state index in [1.165, 1.54) is 30.6 Å². The summed E-state index contributed by atoms with van der Waals surface area (Å²) < 4.78 is 82.9. The van der Waals surface area contributed by atoms with Crippen molar-refractivity contribution in [2.24, 2.45) is 0 Å². The SMILES string of the molecule is Fc1ccc(-c2ccnc3c(F)c(C(F)(F)F)ccc23)c(F)c1-c1ccncc1. The summed E-state index contributed by atoms with van der Waals surface area (Å²) >= 11 is 0. The minimum atomic E-state index is -4.90. The van der Waals surface area contributed by atoms with Crippen LogP contribution in [-0.4, -0.2) is 9.97 Å². The van der Waals surface area contributed by atoms with E-state index in [0.29, 0.717) is 6.07 Å². The highest BCUT2D eigenvalue weighted by molar-refractivity contribution is 5.96. The van der Waals surface area contributed by atoms with Crippen LogP contribution < -0.4 is 0 Å². The Kier molecular flexibility index (Phi) is 4.49. The van der Waals surface area contributed by atoms with Crippen LogP contribution >= 0.6 is 0 Å². The van der Waals surface area contributed by atoms with E-state index in [0.717, 1.165) is 24.4 Å². The maximum atomic E-state index is 15.2. The number of rotatable bonds is 2. The Bertz CT molecular complexity index is 1220. The van der Waals surface area contributed by atoms with Crippen molar-refractivity contribution >= 4 is 10.9 Å². The van der Waals surface area contributed by atoms with E-state index in [1.807, 2.05) is 0 Å². The van der Waals surface area contributed by atoms with Gasteiger partial charge in [0.05, 0.1) is 11.1 Å². The lowest BCUT2D eigenvalue weighted by molar-refractivity contribution is -0.139. The Balaban J connectivity index is 1.98. The first-order valence-corrected chi connectivity index (χ1v) is 8.32. The van der Waals surface area contributed by atoms with Crippen LogP contribution in [0.2, 0.25) is 0 Å². The van der Waals surface area contributed by atoms with Gasteiger partial charge in [-0.1, -0.05) is 6.07 Å². The summed E-state index contributed by atoms with van der Waals surface area (Å²) in [6, 6.07) is 7.98. The maximum absolute atomic E-state index is 15.2. The lowest BCUT2D eigenvalue weighted by Gasteiger charge is -2.14. The largest absolute Gasteiger partial charge is 0.419 e. The van der Waals surface area contributed by atoms with Crippen LogP contribution in [0.4, 0.5) is 26.3 Å². The summed E-state index contributed by atoms with van der Waals surface area (Å²) in [5, 5.41) is -0.0239. The Morgan fingerprint density at radius 2 is 1.41 bits per heavy atom. The van der Waals surface area contributed by atoms with Gasteiger partial charge in [0, 0.05) is 29.5 Å². The molecule has 146 valence electrons. The van der Waals surface area contributed by atoms with Crippen molar-refractivity contribution in [3.63, 3.8) is 0 Å². The second kappa shape index (κ2) is 6.88. The van der Waals surface area contributed by atoms with Crippen molar-refractivity contribution in [3.05, 3.63) is 84.1 Å². The smallest absolute Gasteiger partial charge is 0.265 e. The number of alkyl halides is 3. The molecule has 0 unspecified atom stereocenters. The molecule has 0 atom stereocenters. The number of pyridine rings is 2. The zero-order valence-corrected chi connectivity index (χ0v) is 14.4. The summed E-state index contributed by atoms with van der Waals surface area (Å²) in [5.41, 5.74) is -2.10. The number of fused-ring (bicyclic) bond motifs is 1. The van der Waals surface area contributed by atoms with E-state index in [2.05, 4.69) is 9.97 Å². The van der Waals surface area contributed by atoms with Crippen molar-refractivity contribution in [1.29, 1.82) is 0 Å². The monoisotopic (exact) mass is 404 g/mol. The molecule has 2 nitrogen and oxygen atoms in total. The highest BCUT2D eigenvalue weighted by atomic mass is 19.4. The zero-order chi connectivity index (χ0) is 20.8. The zero-order valence-electron chi connectivity index (χ0n) is 14.4. The van der Waals surface area contributed by atoms with Crippen LogP contribution in [0.25, 0.3) is 33.2 Å². The third-order valence-corrected chi connectivity index (χ3v) is 4.51. The number of aromatic nitrogens is 2. The molecule has 0 saturated heterocycles. The average Bonchev–Trinajstić information content (AvgIpc) is 2.68. The highest BCUT2D eigenvalue weighted by Gasteiger charge is 2.35. The first-order chi connectivity index (χ1) is 13.8. The standard InChI is InChI=1S/C21H10F6N2/c22-16-4-2-13(18(23)17(16)11-5-8-28-9-6-11)12-7-10-29-20-14(12)1-3-15(19(20)24)21(25,26)27/h1-10H. The number of halogens is 6. The predicted octanol–water partition coefficient (Wildman–Crippen LogP) is 6.40. The molecule has 0 aliphatic heterocycles. The van der Waals surface area contributed by atoms with Crippen LogP contribution in [0.1, 0.15) is 5.56 Å². The topological polar surface area (TPSA) is 25.8 Å². The minimum Gasteiger partial charge on any atom is -0.265 e. The van der Waals surface area contributed by atoms with E-state index in [1.54, 1.807) is 0 Å². The molecule has 4 aromatic rings. The molecule has 2 aromatic heterocycles. The van der Waals surface area contributed by atoms with E-state index < -0.39 is 34.7 Å². The van der Waals surface area contributed by atoms with Gasteiger partial charge in [-0.05, 0) is 47.5 Å². The van der Waals surface area contributed by atoms with E-state index in [9.17, 15) is 22.0 Å². The highest BCUT2D eigenvalue weighted by Crippen LogP contribution is 2.39. The van der Waals surface area contributed by atoms with Gasteiger partial charge in [0.25, 0.3) is 0 Å². The fourth-order valence-corrected chi connectivity index (χ4v) is 3.18. The molecule has 0 N–H and O–H groups in total. The summed E-state index contributed by atoms with van der Waals surface area (Å²) in [6.45, 7) is 0.